The molecule has 0 spiro atoms. The van der Waals surface area contributed by atoms with Gasteiger partial charge in [-0.25, -0.2) is 4.98 Å². The average Bonchev–Trinajstić information content (AvgIpc) is 3.13. The number of nitrogens with one attached hydrogen (secondary N) is 1. The van der Waals surface area contributed by atoms with Crippen LogP contribution in [0.5, 0.6) is 5.75 Å². The first-order valence-corrected chi connectivity index (χ1v) is 10.9. The summed E-state index contributed by atoms with van der Waals surface area (Å²) in [6.45, 7) is 2.54. The van der Waals surface area contributed by atoms with Crippen LogP contribution in [0.1, 0.15) is 54.1 Å². The minimum atomic E-state index is -0.194. The SMILES string of the molecule is CCOc1ccc2nc(NC(=O)CCC(=O)c3ccc4c(c3)CCCC4)sc2c1. The summed E-state index contributed by atoms with van der Waals surface area (Å²) in [4.78, 5) is 29.3. The average molecular weight is 409 g/mol. The molecule has 3 aromatic rings. The Morgan fingerprint density at radius 2 is 1.90 bits per heavy atom. The number of rotatable bonds is 7. The number of carbonyl (C=O) groups excluding carboxylic acids is 2. The van der Waals surface area contributed by atoms with Crippen molar-refractivity contribution in [3.63, 3.8) is 0 Å². The lowest BCUT2D eigenvalue weighted by atomic mass is 9.89. The molecule has 0 radical (unpaired) electrons. The maximum atomic E-state index is 12.5. The molecule has 29 heavy (non-hydrogen) atoms. The third kappa shape index (κ3) is 4.65. The molecule has 150 valence electrons. The van der Waals surface area contributed by atoms with E-state index >= 15 is 0 Å². The standard InChI is InChI=1S/C23H24N2O3S/c1-2-28-18-9-10-19-21(14-18)29-23(24-19)25-22(27)12-11-20(26)17-8-7-15-5-3-4-6-16(15)13-17/h7-10,13-14H,2-6,11-12H2,1H3,(H,24,25,27). The summed E-state index contributed by atoms with van der Waals surface area (Å²) in [6.07, 6.45) is 4.89. The number of carbonyl (C=O) groups is 2. The number of hydrogen-bond acceptors (Lipinski definition) is 5. The zero-order chi connectivity index (χ0) is 20.2. The van der Waals surface area contributed by atoms with E-state index < -0.39 is 0 Å². The van der Waals surface area contributed by atoms with E-state index in [2.05, 4.69) is 16.4 Å². The number of benzene rings is 2. The first-order valence-electron chi connectivity index (χ1n) is 10.1. The van der Waals surface area contributed by atoms with Gasteiger partial charge in [-0.15, -0.1) is 0 Å². The first-order chi connectivity index (χ1) is 14.1. The second-order valence-electron chi connectivity index (χ2n) is 7.24. The fourth-order valence-electron chi connectivity index (χ4n) is 3.67. The summed E-state index contributed by atoms with van der Waals surface area (Å²) in [5, 5.41) is 3.36. The highest BCUT2D eigenvalue weighted by Crippen LogP contribution is 2.29. The number of nitrogens with zero attached hydrogens (tertiary/aromatic N) is 1. The van der Waals surface area contributed by atoms with E-state index in [-0.39, 0.29) is 24.5 Å². The molecule has 4 rings (SSSR count). The van der Waals surface area contributed by atoms with E-state index in [4.69, 9.17) is 4.74 Å². The van der Waals surface area contributed by atoms with E-state index in [1.807, 2.05) is 37.3 Å². The molecule has 1 N–H and O–H groups in total. The molecule has 1 heterocycles. The summed E-state index contributed by atoms with van der Waals surface area (Å²) < 4.78 is 6.45. The Morgan fingerprint density at radius 1 is 1.07 bits per heavy atom. The van der Waals surface area contributed by atoms with Crippen LogP contribution < -0.4 is 10.1 Å². The summed E-state index contributed by atoms with van der Waals surface area (Å²) in [7, 11) is 0. The van der Waals surface area contributed by atoms with Crippen LogP contribution in [0, 0.1) is 0 Å². The van der Waals surface area contributed by atoms with Gasteiger partial charge in [0, 0.05) is 18.4 Å². The van der Waals surface area contributed by atoms with Crippen LogP contribution in [0.4, 0.5) is 5.13 Å². The quantitative estimate of drug-likeness (QED) is 0.547. The molecule has 0 atom stereocenters. The number of thiazole rings is 1. The minimum Gasteiger partial charge on any atom is -0.494 e. The van der Waals surface area contributed by atoms with Gasteiger partial charge in [-0.2, -0.15) is 0 Å². The number of hydrogen-bond donors (Lipinski definition) is 1. The van der Waals surface area contributed by atoms with Gasteiger partial charge in [-0.1, -0.05) is 23.5 Å². The minimum absolute atomic E-state index is 0.0131. The summed E-state index contributed by atoms with van der Waals surface area (Å²) in [6, 6.07) is 11.7. The highest BCUT2D eigenvalue weighted by atomic mass is 32.1. The highest BCUT2D eigenvalue weighted by Gasteiger charge is 2.15. The second-order valence-corrected chi connectivity index (χ2v) is 8.27. The summed E-state index contributed by atoms with van der Waals surface area (Å²) in [5.74, 6) is 0.608. The van der Waals surface area contributed by atoms with Gasteiger partial charge >= 0.3 is 0 Å². The number of anilines is 1. The highest BCUT2D eigenvalue weighted by molar-refractivity contribution is 7.22. The van der Waals surface area contributed by atoms with E-state index in [0.29, 0.717) is 17.3 Å². The van der Waals surface area contributed by atoms with E-state index in [1.54, 1.807) is 0 Å². The molecule has 0 fully saturated rings. The van der Waals surface area contributed by atoms with Gasteiger partial charge < -0.3 is 10.1 Å². The van der Waals surface area contributed by atoms with Gasteiger partial charge in [-0.3, -0.25) is 9.59 Å². The number of aryl methyl sites for hydroxylation is 2. The van der Waals surface area contributed by atoms with Gasteiger partial charge in [0.15, 0.2) is 10.9 Å². The van der Waals surface area contributed by atoms with Crippen molar-refractivity contribution >= 4 is 38.4 Å². The van der Waals surface area contributed by atoms with E-state index in [1.165, 1.54) is 35.3 Å². The Morgan fingerprint density at radius 3 is 2.72 bits per heavy atom. The third-order valence-corrected chi connectivity index (χ3v) is 6.10. The third-order valence-electron chi connectivity index (χ3n) is 5.17. The topological polar surface area (TPSA) is 68.3 Å². The molecule has 5 nitrogen and oxygen atoms in total. The lowest BCUT2D eigenvalue weighted by molar-refractivity contribution is -0.116. The van der Waals surface area contributed by atoms with Crippen molar-refractivity contribution in [2.45, 2.75) is 45.4 Å². The fraction of sp³-hybridized carbons (Fsp3) is 0.348. The zero-order valence-corrected chi connectivity index (χ0v) is 17.3. The van der Waals surface area contributed by atoms with Crippen molar-refractivity contribution in [2.24, 2.45) is 0 Å². The monoisotopic (exact) mass is 408 g/mol. The Hall–Kier alpha value is -2.73. The van der Waals surface area contributed by atoms with Crippen molar-refractivity contribution < 1.29 is 14.3 Å². The molecule has 0 unspecified atom stereocenters. The molecule has 0 saturated carbocycles. The summed E-state index contributed by atoms with van der Waals surface area (Å²) in [5.41, 5.74) is 4.17. The van der Waals surface area contributed by atoms with Gasteiger partial charge in [0.25, 0.3) is 0 Å². The van der Waals surface area contributed by atoms with Gasteiger partial charge in [0.05, 0.1) is 16.8 Å². The van der Waals surface area contributed by atoms with Gasteiger partial charge in [-0.05, 0) is 68.0 Å². The molecule has 0 aliphatic heterocycles. The molecule has 1 aliphatic carbocycles. The number of amides is 1. The fourth-order valence-corrected chi connectivity index (χ4v) is 4.59. The number of aromatic nitrogens is 1. The van der Waals surface area contributed by atoms with E-state index in [0.717, 1.165) is 28.8 Å². The Balaban J connectivity index is 1.35. The zero-order valence-electron chi connectivity index (χ0n) is 16.5. The van der Waals surface area contributed by atoms with Gasteiger partial charge in [0.2, 0.25) is 5.91 Å². The molecule has 1 aromatic heterocycles. The lowest BCUT2D eigenvalue weighted by Gasteiger charge is -2.16. The molecule has 1 amide bonds. The van der Waals surface area contributed by atoms with Crippen molar-refractivity contribution in [3.8, 4) is 5.75 Å². The summed E-state index contributed by atoms with van der Waals surface area (Å²) >= 11 is 1.40. The molecule has 0 saturated heterocycles. The predicted octanol–water partition coefficient (Wildman–Crippen LogP) is 5.18. The Bertz CT molecular complexity index is 1060. The van der Waals surface area contributed by atoms with Crippen molar-refractivity contribution in [2.75, 3.05) is 11.9 Å². The smallest absolute Gasteiger partial charge is 0.226 e. The van der Waals surface area contributed by atoms with Crippen molar-refractivity contribution in [3.05, 3.63) is 53.1 Å². The van der Waals surface area contributed by atoms with Crippen molar-refractivity contribution in [1.29, 1.82) is 0 Å². The van der Waals surface area contributed by atoms with Crippen LogP contribution in [-0.4, -0.2) is 23.3 Å². The van der Waals surface area contributed by atoms with Crippen LogP contribution in [-0.2, 0) is 17.6 Å². The maximum Gasteiger partial charge on any atom is 0.226 e. The largest absolute Gasteiger partial charge is 0.494 e. The first kappa shape index (κ1) is 19.6. The van der Waals surface area contributed by atoms with Crippen LogP contribution in [0.15, 0.2) is 36.4 Å². The van der Waals surface area contributed by atoms with Crippen LogP contribution in [0.3, 0.4) is 0 Å². The molecule has 0 bridgehead atoms. The molecule has 6 heteroatoms. The molecular weight excluding hydrogens is 384 g/mol. The number of ether oxygens (including phenoxy) is 1. The molecular formula is C23H24N2O3S. The van der Waals surface area contributed by atoms with Crippen LogP contribution in [0.2, 0.25) is 0 Å². The molecule has 1 aliphatic rings. The number of Topliss-reactive ketones (excluding diaryl/α,β-unsaturated/α-hetero) is 1. The molecule has 2 aromatic carbocycles. The normalized spacial score (nSPS) is 13.1. The van der Waals surface area contributed by atoms with Crippen molar-refractivity contribution in [1.82, 2.24) is 4.98 Å². The number of ketones is 1. The van der Waals surface area contributed by atoms with E-state index in [9.17, 15) is 9.59 Å². The Labute approximate surface area is 174 Å². The second kappa shape index (κ2) is 8.74. The maximum absolute atomic E-state index is 12.5. The lowest BCUT2D eigenvalue weighted by Crippen LogP contribution is -2.13. The van der Waals surface area contributed by atoms with Crippen LogP contribution in [0.25, 0.3) is 10.2 Å². The number of fused-ring (bicyclic) bond motifs is 2. The predicted molar refractivity (Wildman–Crippen MR) is 116 cm³/mol. The Kier molecular flexibility index (Phi) is 5.90. The van der Waals surface area contributed by atoms with Crippen LogP contribution >= 0.6 is 11.3 Å². The van der Waals surface area contributed by atoms with Gasteiger partial charge in [0.1, 0.15) is 5.75 Å².